The molecule has 1 saturated heterocycles. The van der Waals surface area contributed by atoms with Crippen LogP contribution < -0.4 is 11.4 Å². The number of hydrogen-bond donors (Lipinski definition) is 1. The number of unbranched alkanes of at least 4 members (excludes halogenated alkanes) is 2. The number of carbonyl (C=O) groups excluding carboxylic acids is 2. The van der Waals surface area contributed by atoms with Gasteiger partial charge in [-0.05, 0) is 18.9 Å². The van der Waals surface area contributed by atoms with E-state index in [0.717, 1.165) is 17.4 Å². The highest BCUT2D eigenvalue weighted by Gasteiger charge is 2.59. The Bertz CT molecular complexity index is 807. The molecule has 0 bridgehead atoms. The van der Waals surface area contributed by atoms with Crippen molar-refractivity contribution in [3.05, 3.63) is 22.7 Å². The normalized spacial score (nSPS) is 25.8. The number of alkyl halides is 2. The second-order valence-electron chi connectivity index (χ2n) is 7.06. The first kappa shape index (κ1) is 24.1. The van der Waals surface area contributed by atoms with Crippen molar-refractivity contribution in [1.29, 1.82) is 0 Å². The van der Waals surface area contributed by atoms with Gasteiger partial charge in [0.2, 0.25) is 5.06 Å². The van der Waals surface area contributed by atoms with Crippen LogP contribution in [0.1, 0.15) is 58.6 Å². The number of nitrogens with zero attached hydrogens (tertiary/aromatic N) is 2. The van der Waals surface area contributed by atoms with Crippen molar-refractivity contribution in [3.8, 4) is 0 Å². The molecular formula is C19H27ClFN3O6. The van der Waals surface area contributed by atoms with E-state index < -0.39 is 47.8 Å². The van der Waals surface area contributed by atoms with Crippen molar-refractivity contribution in [2.24, 2.45) is 0 Å². The zero-order chi connectivity index (χ0) is 22.3. The van der Waals surface area contributed by atoms with Crippen LogP contribution in [-0.2, 0) is 23.8 Å². The van der Waals surface area contributed by atoms with Crippen LogP contribution in [0, 0.1) is 0 Å². The minimum Gasteiger partial charge on any atom is -0.461 e. The smallest absolute Gasteiger partial charge is 0.351 e. The third kappa shape index (κ3) is 5.91. The lowest BCUT2D eigenvalue weighted by Crippen LogP contribution is -2.44. The SMILES string of the molecule is CCCCC(=O)OCC1(Cl)OC(n2ccc(N)nc2=O)C(F)C1OC(=O)CCCC. The fourth-order valence-electron chi connectivity index (χ4n) is 2.91. The largest absolute Gasteiger partial charge is 0.461 e. The van der Waals surface area contributed by atoms with Gasteiger partial charge in [0.25, 0.3) is 0 Å². The van der Waals surface area contributed by atoms with Crippen molar-refractivity contribution in [3.63, 3.8) is 0 Å². The maximum absolute atomic E-state index is 15.3. The summed E-state index contributed by atoms with van der Waals surface area (Å²) >= 11 is 6.44. The highest BCUT2D eigenvalue weighted by Crippen LogP contribution is 2.43. The molecule has 1 aliphatic rings. The van der Waals surface area contributed by atoms with Crippen LogP contribution in [0.25, 0.3) is 0 Å². The molecule has 1 aromatic rings. The number of rotatable bonds is 10. The molecule has 9 nitrogen and oxygen atoms in total. The maximum Gasteiger partial charge on any atom is 0.351 e. The van der Waals surface area contributed by atoms with E-state index in [0.29, 0.717) is 12.8 Å². The zero-order valence-electron chi connectivity index (χ0n) is 17.0. The van der Waals surface area contributed by atoms with E-state index >= 15 is 4.39 Å². The van der Waals surface area contributed by atoms with Crippen molar-refractivity contribution in [2.45, 2.75) is 75.9 Å². The zero-order valence-corrected chi connectivity index (χ0v) is 17.8. The van der Waals surface area contributed by atoms with Crippen molar-refractivity contribution < 1.29 is 28.2 Å². The summed E-state index contributed by atoms with van der Waals surface area (Å²) in [5, 5.41) is -2.01. The van der Waals surface area contributed by atoms with Gasteiger partial charge in [0.15, 0.2) is 18.5 Å². The number of hydrogen-bond acceptors (Lipinski definition) is 8. The van der Waals surface area contributed by atoms with E-state index in [1.54, 1.807) is 0 Å². The molecule has 30 heavy (non-hydrogen) atoms. The van der Waals surface area contributed by atoms with Gasteiger partial charge >= 0.3 is 17.6 Å². The summed E-state index contributed by atoms with van der Waals surface area (Å²) in [6, 6.07) is 1.29. The van der Waals surface area contributed by atoms with Gasteiger partial charge < -0.3 is 19.9 Å². The number of halogens is 2. The first-order valence-corrected chi connectivity index (χ1v) is 10.3. The predicted molar refractivity (Wildman–Crippen MR) is 106 cm³/mol. The molecule has 4 atom stereocenters. The average Bonchev–Trinajstić information content (AvgIpc) is 2.94. The molecule has 1 aliphatic heterocycles. The molecule has 0 aliphatic carbocycles. The third-order valence-electron chi connectivity index (χ3n) is 4.59. The summed E-state index contributed by atoms with van der Waals surface area (Å²) in [4.78, 5) is 39.7. The average molecular weight is 448 g/mol. The summed E-state index contributed by atoms with van der Waals surface area (Å²) in [5.41, 5.74) is 4.60. The Morgan fingerprint density at radius 1 is 1.30 bits per heavy atom. The Balaban J connectivity index is 2.24. The fourth-order valence-corrected chi connectivity index (χ4v) is 3.22. The van der Waals surface area contributed by atoms with Crippen molar-refractivity contribution >= 4 is 29.4 Å². The minimum atomic E-state index is -2.01. The molecule has 1 fully saturated rings. The first-order valence-electron chi connectivity index (χ1n) is 9.92. The van der Waals surface area contributed by atoms with Crippen LogP contribution in [0.15, 0.2) is 17.1 Å². The van der Waals surface area contributed by atoms with Gasteiger partial charge in [-0.25, -0.2) is 9.18 Å². The Labute approximate surface area is 178 Å². The van der Waals surface area contributed by atoms with Gasteiger partial charge in [0.1, 0.15) is 12.4 Å². The minimum absolute atomic E-state index is 0.0470. The molecule has 0 spiro atoms. The van der Waals surface area contributed by atoms with Crippen LogP contribution in [0.2, 0.25) is 0 Å². The van der Waals surface area contributed by atoms with E-state index in [2.05, 4.69) is 4.98 Å². The Morgan fingerprint density at radius 2 is 1.93 bits per heavy atom. The number of nitrogen functional groups attached to an aromatic ring is 1. The second kappa shape index (κ2) is 10.7. The van der Waals surface area contributed by atoms with Crippen molar-refractivity contribution in [2.75, 3.05) is 12.3 Å². The number of carbonyl (C=O) groups is 2. The summed E-state index contributed by atoms with van der Waals surface area (Å²) in [6.07, 6.45) is -1.02. The third-order valence-corrected chi connectivity index (χ3v) is 5.00. The molecule has 2 rings (SSSR count). The monoisotopic (exact) mass is 447 g/mol. The highest BCUT2D eigenvalue weighted by atomic mass is 35.5. The maximum atomic E-state index is 15.3. The molecule has 0 aromatic carbocycles. The standard InChI is InChI=1S/C19H27ClFN3O6/c1-3-5-7-13(25)28-11-19(20)16(29-14(26)8-6-4-2)15(21)17(30-19)24-10-9-12(22)23-18(24)27/h9-10,15-17H,3-8,11H2,1-2H3,(H2,22,23,27). The molecule has 0 saturated carbocycles. The summed E-state index contributed by atoms with van der Waals surface area (Å²) in [6.45, 7) is 3.25. The highest BCUT2D eigenvalue weighted by molar-refractivity contribution is 6.24. The Morgan fingerprint density at radius 3 is 2.53 bits per heavy atom. The molecule has 2 heterocycles. The summed E-state index contributed by atoms with van der Waals surface area (Å²) in [5.74, 6) is -1.25. The molecular weight excluding hydrogens is 421 g/mol. The van der Waals surface area contributed by atoms with Crippen LogP contribution in [0.5, 0.6) is 0 Å². The molecule has 1 aromatic heterocycles. The summed E-state index contributed by atoms with van der Waals surface area (Å²) in [7, 11) is 0. The first-order chi connectivity index (χ1) is 14.2. The van der Waals surface area contributed by atoms with Gasteiger partial charge in [-0.3, -0.25) is 14.2 Å². The molecule has 11 heteroatoms. The number of ether oxygens (including phenoxy) is 3. The second-order valence-corrected chi connectivity index (χ2v) is 7.70. The number of nitrogens with two attached hydrogens (primary N) is 1. The number of esters is 2. The molecule has 168 valence electrons. The Hall–Kier alpha value is -2.20. The number of anilines is 1. The lowest BCUT2D eigenvalue weighted by Gasteiger charge is -2.27. The van der Waals surface area contributed by atoms with Gasteiger partial charge in [-0.1, -0.05) is 38.3 Å². The molecule has 4 unspecified atom stereocenters. The fraction of sp³-hybridized carbons (Fsp3) is 0.684. The van der Waals surface area contributed by atoms with E-state index in [-0.39, 0.29) is 18.7 Å². The van der Waals surface area contributed by atoms with E-state index in [1.165, 1.54) is 12.3 Å². The van der Waals surface area contributed by atoms with Gasteiger partial charge in [0, 0.05) is 19.0 Å². The lowest BCUT2D eigenvalue weighted by molar-refractivity contribution is -0.164. The van der Waals surface area contributed by atoms with Gasteiger partial charge in [-0.2, -0.15) is 4.98 Å². The van der Waals surface area contributed by atoms with E-state index in [9.17, 15) is 14.4 Å². The number of aromatic nitrogens is 2. The lowest BCUT2D eigenvalue weighted by atomic mass is 10.1. The molecule has 2 N–H and O–H groups in total. The van der Waals surface area contributed by atoms with Crippen LogP contribution in [-0.4, -0.2) is 45.4 Å². The van der Waals surface area contributed by atoms with Crippen molar-refractivity contribution in [1.82, 2.24) is 9.55 Å². The topological polar surface area (TPSA) is 123 Å². The quantitative estimate of drug-likeness (QED) is 0.428. The van der Waals surface area contributed by atoms with Gasteiger partial charge in [-0.15, -0.1) is 0 Å². The summed E-state index contributed by atoms with van der Waals surface area (Å²) < 4.78 is 32.1. The van der Waals surface area contributed by atoms with Gasteiger partial charge in [0.05, 0.1) is 0 Å². The van der Waals surface area contributed by atoms with Crippen LogP contribution in [0.4, 0.5) is 10.2 Å². The van der Waals surface area contributed by atoms with Crippen LogP contribution in [0.3, 0.4) is 0 Å². The van der Waals surface area contributed by atoms with Crippen LogP contribution >= 0.6 is 11.6 Å². The van der Waals surface area contributed by atoms with E-state index in [1.807, 2.05) is 13.8 Å². The predicted octanol–water partition coefficient (Wildman–Crippen LogP) is 2.46. The molecule has 0 amide bonds. The molecule has 0 radical (unpaired) electrons. The van der Waals surface area contributed by atoms with E-state index in [4.69, 9.17) is 31.5 Å². The Kier molecular flexibility index (Phi) is 8.60.